The van der Waals surface area contributed by atoms with Gasteiger partial charge in [0.15, 0.2) is 17.3 Å². The molecule has 1 aliphatic carbocycles. The Labute approximate surface area is 206 Å². The van der Waals surface area contributed by atoms with E-state index in [1.165, 1.54) is 19.3 Å². The van der Waals surface area contributed by atoms with Crippen LogP contribution in [0.2, 0.25) is 0 Å². The molecule has 2 heterocycles. The summed E-state index contributed by atoms with van der Waals surface area (Å²) < 4.78 is 22.1. The zero-order valence-corrected chi connectivity index (χ0v) is 20.7. The minimum absolute atomic E-state index is 0.0410. The second-order valence-corrected chi connectivity index (χ2v) is 8.71. The van der Waals surface area contributed by atoms with Crippen LogP contribution in [0, 0.1) is 0 Å². The number of hydrogen-bond donors (Lipinski definition) is 0. The predicted molar refractivity (Wildman–Crippen MR) is 133 cm³/mol. The van der Waals surface area contributed by atoms with Crippen molar-refractivity contribution in [2.45, 2.75) is 38.2 Å². The second-order valence-electron chi connectivity index (χ2n) is 8.71. The summed E-state index contributed by atoms with van der Waals surface area (Å²) in [6.45, 7) is 2.61. The normalized spacial score (nSPS) is 16.9. The number of carbonyl (C=O) groups excluding carboxylic acids is 1. The zero-order chi connectivity index (χ0) is 24.6. The van der Waals surface area contributed by atoms with Gasteiger partial charge in [0.1, 0.15) is 6.10 Å². The fourth-order valence-electron chi connectivity index (χ4n) is 4.52. The van der Waals surface area contributed by atoms with E-state index in [1.54, 1.807) is 33.5 Å². The maximum absolute atomic E-state index is 12.8. The van der Waals surface area contributed by atoms with Gasteiger partial charge < -0.3 is 28.7 Å². The molecule has 0 spiro atoms. The average Bonchev–Trinajstić information content (AvgIpc) is 2.92. The second kappa shape index (κ2) is 11.8. The van der Waals surface area contributed by atoms with Crippen LogP contribution in [0.15, 0.2) is 30.3 Å². The highest BCUT2D eigenvalue weighted by Gasteiger charge is 2.22. The average molecular weight is 483 g/mol. The van der Waals surface area contributed by atoms with Gasteiger partial charge in [0.05, 0.1) is 21.3 Å². The number of aromatic nitrogens is 2. The van der Waals surface area contributed by atoms with Crippen molar-refractivity contribution in [3.05, 3.63) is 35.9 Å². The van der Waals surface area contributed by atoms with Crippen molar-refractivity contribution in [3.63, 3.8) is 0 Å². The molecule has 2 aliphatic rings. The number of rotatable bonds is 8. The number of piperazine rings is 1. The summed E-state index contributed by atoms with van der Waals surface area (Å²) in [4.78, 5) is 16.7. The minimum atomic E-state index is -0.0410. The Hall–Kier alpha value is -3.49. The van der Waals surface area contributed by atoms with E-state index in [0.717, 1.165) is 24.2 Å². The van der Waals surface area contributed by atoms with E-state index in [2.05, 4.69) is 15.1 Å². The fourth-order valence-corrected chi connectivity index (χ4v) is 4.52. The third-order valence-electron chi connectivity index (χ3n) is 6.49. The highest BCUT2D eigenvalue weighted by Crippen LogP contribution is 2.38. The molecule has 0 bridgehead atoms. The number of methoxy groups -OCH3 is 3. The lowest BCUT2D eigenvalue weighted by Crippen LogP contribution is -2.48. The molecule has 188 valence electrons. The molecule has 2 fully saturated rings. The number of ether oxygens (including phenoxy) is 4. The van der Waals surface area contributed by atoms with E-state index in [4.69, 9.17) is 18.9 Å². The van der Waals surface area contributed by atoms with Crippen LogP contribution in [-0.2, 0) is 4.79 Å². The largest absolute Gasteiger partial charge is 0.493 e. The molecule has 1 amide bonds. The fraction of sp³-hybridized carbons (Fsp3) is 0.500. The summed E-state index contributed by atoms with van der Waals surface area (Å²) in [6, 6.07) is 7.47. The third-order valence-corrected chi connectivity index (χ3v) is 6.49. The molecule has 0 atom stereocenters. The van der Waals surface area contributed by atoms with Gasteiger partial charge in [-0.15, -0.1) is 10.2 Å². The van der Waals surface area contributed by atoms with Crippen molar-refractivity contribution >= 4 is 17.8 Å². The highest BCUT2D eigenvalue weighted by atomic mass is 16.5. The highest BCUT2D eigenvalue weighted by molar-refractivity contribution is 5.92. The van der Waals surface area contributed by atoms with Crippen LogP contribution in [-0.4, -0.2) is 74.6 Å². The van der Waals surface area contributed by atoms with E-state index < -0.39 is 0 Å². The van der Waals surface area contributed by atoms with Gasteiger partial charge in [-0.25, -0.2) is 0 Å². The van der Waals surface area contributed by atoms with Crippen LogP contribution in [0.1, 0.15) is 37.7 Å². The number of anilines is 1. The molecule has 1 saturated carbocycles. The number of carbonyl (C=O) groups is 1. The van der Waals surface area contributed by atoms with E-state index in [9.17, 15) is 4.79 Å². The first-order valence-corrected chi connectivity index (χ1v) is 12.1. The van der Waals surface area contributed by atoms with Gasteiger partial charge in [-0.05, 0) is 55.5 Å². The van der Waals surface area contributed by atoms with Gasteiger partial charge in [-0.1, -0.05) is 6.42 Å². The number of hydrogen-bond acceptors (Lipinski definition) is 8. The molecule has 0 radical (unpaired) electrons. The monoisotopic (exact) mass is 482 g/mol. The quantitative estimate of drug-likeness (QED) is 0.528. The van der Waals surface area contributed by atoms with Gasteiger partial charge in [0, 0.05) is 38.3 Å². The first kappa shape index (κ1) is 24.6. The molecule has 4 rings (SSSR count). The maximum Gasteiger partial charge on any atom is 0.246 e. The molecule has 0 N–H and O–H groups in total. The summed E-state index contributed by atoms with van der Waals surface area (Å²) in [5, 5.41) is 8.63. The summed E-state index contributed by atoms with van der Waals surface area (Å²) in [5.74, 6) is 2.96. The summed E-state index contributed by atoms with van der Waals surface area (Å²) in [7, 11) is 4.69. The van der Waals surface area contributed by atoms with Gasteiger partial charge >= 0.3 is 0 Å². The molecule has 1 aromatic carbocycles. The van der Waals surface area contributed by atoms with Crippen molar-refractivity contribution in [2.24, 2.45) is 0 Å². The molecular weight excluding hydrogens is 448 g/mol. The van der Waals surface area contributed by atoms with Crippen LogP contribution in [0.4, 0.5) is 5.82 Å². The third kappa shape index (κ3) is 6.15. The Balaban J connectivity index is 1.30. The van der Waals surface area contributed by atoms with Gasteiger partial charge in [-0.2, -0.15) is 0 Å². The maximum atomic E-state index is 12.8. The molecular formula is C26H34N4O5. The lowest BCUT2D eigenvalue weighted by Gasteiger charge is -2.34. The van der Waals surface area contributed by atoms with Crippen molar-refractivity contribution in [1.29, 1.82) is 0 Å². The number of nitrogens with zero attached hydrogens (tertiary/aromatic N) is 4. The number of amides is 1. The van der Waals surface area contributed by atoms with Gasteiger partial charge in [0.2, 0.25) is 17.5 Å². The molecule has 9 heteroatoms. The van der Waals surface area contributed by atoms with Crippen LogP contribution in [0.3, 0.4) is 0 Å². The lowest BCUT2D eigenvalue weighted by atomic mass is 9.98. The first-order valence-electron chi connectivity index (χ1n) is 12.1. The molecule has 9 nitrogen and oxygen atoms in total. The predicted octanol–water partition coefficient (Wildman–Crippen LogP) is 3.58. The Morgan fingerprint density at radius 3 is 2.17 bits per heavy atom. The molecule has 2 aromatic rings. The molecule has 1 saturated heterocycles. The summed E-state index contributed by atoms with van der Waals surface area (Å²) >= 11 is 0. The molecule has 1 aliphatic heterocycles. The van der Waals surface area contributed by atoms with E-state index in [-0.39, 0.29) is 12.0 Å². The molecule has 1 aromatic heterocycles. The van der Waals surface area contributed by atoms with Crippen LogP contribution < -0.4 is 23.8 Å². The van der Waals surface area contributed by atoms with Crippen molar-refractivity contribution in [3.8, 4) is 23.1 Å². The SMILES string of the molecule is COc1cc(/C=C/C(=O)N2CCN(c3ccc(OC4CCCCC4)nn3)CC2)cc(OC)c1OC. The smallest absolute Gasteiger partial charge is 0.246 e. The first-order chi connectivity index (χ1) is 17.1. The summed E-state index contributed by atoms with van der Waals surface area (Å²) in [5.41, 5.74) is 0.789. The Bertz CT molecular complexity index is 988. The van der Waals surface area contributed by atoms with Crippen LogP contribution in [0.25, 0.3) is 6.08 Å². The van der Waals surface area contributed by atoms with E-state index >= 15 is 0 Å². The minimum Gasteiger partial charge on any atom is -0.493 e. The van der Waals surface area contributed by atoms with Gasteiger partial charge in [-0.3, -0.25) is 4.79 Å². The van der Waals surface area contributed by atoms with Crippen LogP contribution >= 0.6 is 0 Å². The van der Waals surface area contributed by atoms with E-state index in [0.29, 0.717) is 49.3 Å². The lowest BCUT2D eigenvalue weighted by molar-refractivity contribution is -0.126. The number of benzene rings is 1. The van der Waals surface area contributed by atoms with Crippen molar-refractivity contribution in [2.75, 3.05) is 52.4 Å². The topological polar surface area (TPSA) is 86.3 Å². The molecule has 0 unspecified atom stereocenters. The van der Waals surface area contributed by atoms with Crippen molar-refractivity contribution < 1.29 is 23.7 Å². The molecule has 35 heavy (non-hydrogen) atoms. The van der Waals surface area contributed by atoms with Crippen molar-refractivity contribution in [1.82, 2.24) is 15.1 Å². The zero-order valence-electron chi connectivity index (χ0n) is 20.7. The Morgan fingerprint density at radius 2 is 1.60 bits per heavy atom. The van der Waals surface area contributed by atoms with Gasteiger partial charge in [0.25, 0.3) is 0 Å². The Kier molecular flexibility index (Phi) is 8.28. The van der Waals surface area contributed by atoms with E-state index in [1.807, 2.05) is 29.2 Å². The standard InChI is InChI=1S/C26H34N4O5/c1-32-21-17-19(18-22(33-2)26(21)34-3)9-12-25(31)30-15-13-29(14-16-30)23-10-11-24(28-27-23)35-20-7-5-4-6-8-20/h9-12,17-18,20H,4-8,13-16H2,1-3H3/b12-9+. The van der Waals surface area contributed by atoms with Crippen LogP contribution in [0.5, 0.6) is 23.1 Å². The Morgan fingerprint density at radius 1 is 0.914 bits per heavy atom. The summed E-state index contributed by atoms with van der Waals surface area (Å²) in [6.07, 6.45) is 9.50.